The normalized spacial score (nSPS) is 43.9. The van der Waals surface area contributed by atoms with Gasteiger partial charge in [-0.1, -0.05) is 65.0 Å². The number of hydrogen-bond donors (Lipinski definition) is 1. The summed E-state index contributed by atoms with van der Waals surface area (Å²) in [6.45, 7) is 9.90. The van der Waals surface area contributed by atoms with Gasteiger partial charge in [-0.3, -0.25) is 0 Å². The van der Waals surface area contributed by atoms with Crippen molar-refractivity contribution in [2.24, 2.45) is 46.8 Å². The van der Waals surface area contributed by atoms with E-state index < -0.39 is 0 Å². The van der Waals surface area contributed by atoms with Crippen molar-refractivity contribution >= 4 is 0 Å². The van der Waals surface area contributed by atoms with Crippen molar-refractivity contribution < 1.29 is 5.11 Å². The van der Waals surface area contributed by atoms with E-state index >= 15 is 0 Å². The number of aliphatic hydroxyl groups excluding tert-OH is 1. The van der Waals surface area contributed by atoms with Crippen LogP contribution in [0.4, 0.5) is 0 Å². The van der Waals surface area contributed by atoms with Crippen molar-refractivity contribution in [2.45, 2.75) is 111 Å². The first-order valence-corrected chi connectivity index (χ1v) is 12.8. The Kier molecular flexibility index (Phi) is 6.32. The van der Waals surface area contributed by atoms with E-state index in [1.54, 1.807) is 5.57 Å². The molecule has 3 saturated carbocycles. The molecule has 0 spiro atoms. The Labute approximate surface area is 174 Å². The molecule has 0 aromatic rings. The number of fused-ring (bicyclic) bond motifs is 5. The van der Waals surface area contributed by atoms with Gasteiger partial charge in [-0.05, 0) is 98.2 Å². The average molecular weight is 387 g/mol. The van der Waals surface area contributed by atoms with Crippen LogP contribution < -0.4 is 0 Å². The third kappa shape index (κ3) is 3.63. The van der Waals surface area contributed by atoms with Gasteiger partial charge in [-0.25, -0.2) is 0 Å². The van der Waals surface area contributed by atoms with Gasteiger partial charge in [-0.15, -0.1) is 0 Å². The molecule has 4 rings (SSSR count). The van der Waals surface area contributed by atoms with Crippen molar-refractivity contribution in [1.82, 2.24) is 0 Å². The lowest BCUT2D eigenvalue weighted by molar-refractivity contribution is -0.0153. The molecule has 0 aliphatic heterocycles. The lowest BCUT2D eigenvalue weighted by Crippen LogP contribution is -2.47. The lowest BCUT2D eigenvalue weighted by Gasteiger charge is -2.55. The molecule has 0 saturated heterocycles. The third-order valence-corrected chi connectivity index (χ3v) is 10.4. The fraction of sp³-hybridized carbons (Fsp3) is 0.926. The van der Waals surface area contributed by atoms with Gasteiger partial charge in [0.05, 0.1) is 6.10 Å². The summed E-state index contributed by atoms with van der Waals surface area (Å²) in [6.07, 6.45) is 18.7. The average Bonchev–Trinajstić information content (AvgIpc) is 3.13. The van der Waals surface area contributed by atoms with Crippen LogP contribution in [0, 0.1) is 46.8 Å². The summed E-state index contributed by atoms with van der Waals surface area (Å²) in [7, 11) is 0. The van der Waals surface area contributed by atoms with Gasteiger partial charge in [0, 0.05) is 0 Å². The first kappa shape index (κ1) is 21.0. The molecular weight excluding hydrogens is 340 g/mol. The van der Waals surface area contributed by atoms with Crippen LogP contribution in [0.3, 0.4) is 0 Å². The van der Waals surface area contributed by atoms with E-state index in [-0.39, 0.29) is 6.10 Å². The highest BCUT2D eigenvalue weighted by Gasteiger charge is 2.54. The summed E-state index contributed by atoms with van der Waals surface area (Å²) in [6, 6.07) is 0. The van der Waals surface area contributed by atoms with Gasteiger partial charge in [0.1, 0.15) is 0 Å². The van der Waals surface area contributed by atoms with Gasteiger partial charge >= 0.3 is 0 Å². The number of aliphatic hydroxyl groups is 1. The van der Waals surface area contributed by atoms with Crippen LogP contribution in [0.2, 0.25) is 0 Å². The van der Waals surface area contributed by atoms with E-state index in [1.807, 2.05) is 0 Å². The predicted octanol–water partition coefficient (Wildman–Crippen LogP) is 7.39. The minimum Gasteiger partial charge on any atom is -0.393 e. The van der Waals surface area contributed by atoms with E-state index in [9.17, 15) is 5.11 Å². The van der Waals surface area contributed by atoms with Crippen molar-refractivity contribution in [2.75, 3.05) is 0 Å². The van der Waals surface area contributed by atoms with E-state index in [4.69, 9.17) is 0 Å². The molecule has 3 fully saturated rings. The van der Waals surface area contributed by atoms with Crippen molar-refractivity contribution in [3.63, 3.8) is 0 Å². The maximum atomic E-state index is 10.2. The summed E-state index contributed by atoms with van der Waals surface area (Å²) < 4.78 is 0. The largest absolute Gasteiger partial charge is 0.393 e. The number of hydrogen-bond acceptors (Lipinski definition) is 1. The van der Waals surface area contributed by atoms with Crippen molar-refractivity contribution in [1.29, 1.82) is 0 Å². The van der Waals surface area contributed by atoms with Gasteiger partial charge in [-0.2, -0.15) is 0 Å². The number of allylic oxidation sites excluding steroid dienone is 1. The molecule has 0 amide bonds. The van der Waals surface area contributed by atoms with Gasteiger partial charge < -0.3 is 5.11 Å². The SMILES string of the molecule is CCC(CC)CC[C@@H](C)[C@@H]1CC[C@@H]2[C@H]1CC[C@@H]1[C@@H]2CC=C2C[C@@H](O)CC[C@]21C. The zero-order chi connectivity index (χ0) is 19.9. The Morgan fingerprint density at radius 2 is 1.75 bits per heavy atom. The molecule has 0 aromatic carbocycles. The Balaban J connectivity index is 1.43. The van der Waals surface area contributed by atoms with Crippen LogP contribution in [0.5, 0.6) is 0 Å². The topological polar surface area (TPSA) is 20.2 Å². The van der Waals surface area contributed by atoms with Crippen molar-refractivity contribution in [3.8, 4) is 0 Å². The second-order valence-corrected chi connectivity index (χ2v) is 11.4. The fourth-order valence-corrected chi connectivity index (χ4v) is 8.46. The smallest absolute Gasteiger partial charge is 0.0577 e. The summed E-state index contributed by atoms with van der Waals surface area (Å²) >= 11 is 0. The van der Waals surface area contributed by atoms with Gasteiger partial charge in [0.25, 0.3) is 0 Å². The minimum absolute atomic E-state index is 0.0704. The molecule has 0 bridgehead atoms. The Morgan fingerprint density at radius 3 is 2.50 bits per heavy atom. The molecule has 1 nitrogen and oxygen atoms in total. The maximum absolute atomic E-state index is 10.2. The second-order valence-electron chi connectivity index (χ2n) is 11.4. The summed E-state index contributed by atoms with van der Waals surface area (Å²) in [4.78, 5) is 0. The molecule has 160 valence electrons. The molecule has 0 unspecified atom stereocenters. The summed E-state index contributed by atoms with van der Waals surface area (Å²) in [5.41, 5.74) is 2.03. The Hall–Kier alpha value is -0.300. The first-order valence-electron chi connectivity index (χ1n) is 12.8. The maximum Gasteiger partial charge on any atom is 0.0577 e. The van der Waals surface area contributed by atoms with Crippen LogP contribution in [0.15, 0.2) is 11.6 Å². The molecule has 4 aliphatic carbocycles. The first-order chi connectivity index (χ1) is 13.5. The van der Waals surface area contributed by atoms with Crippen LogP contribution in [0.1, 0.15) is 105 Å². The van der Waals surface area contributed by atoms with E-state index in [0.29, 0.717) is 5.41 Å². The highest BCUT2D eigenvalue weighted by Crippen LogP contribution is 2.63. The highest BCUT2D eigenvalue weighted by atomic mass is 16.3. The van der Waals surface area contributed by atoms with E-state index in [2.05, 4.69) is 33.8 Å². The molecule has 8 atom stereocenters. The number of rotatable bonds is 6. The van der Waals surface area contributed by atoms with Gasteiger partial charge in [0.15, 0.2) is 0 Å². The second kappa shape index (κ2) is 8.44. The van der Waals surface area contributed by atoms with Crippen LogP contribution in [-0.2, 0) is 0 Å². The molecule has 1 N–H and O–H groups in total. The van der Waals surface area contributed by atoms with E-state index in [0.717, 1.165) is 54.3 Å². The molecule has 0 radical (unpaired) electrons. The minimum atomic E-state index is -0.0704. The van der Waals surface area contributed by atoms with Crippen LogP contribution >= 0.6 is 0 Å². The molecule has 0 aromatic heterocycles. The molecule has 0 heterocycles. The third-order valence-electron chi connectivity index (χ3n) is 10.4. The Morgan fingerprint density at radius 1 is 1.00 bits per heavy atom. The monoisotopic (exact) mass is 386 g/mol. The molecule has 4 aliphatic rings. The highest BCUT2D eigenvalue weighted by molar-refractivity contribution is 5.24. The quantitative estimate of drug-likeness (QED) is 0.472. The van der Waals surface area contributed by atoms with Gasteiger partial charge in [0.2, 0.25) is 0 Å². The van der Waals surface area contributed by atoms with Crippen LogP contribution in [0.25, 0.3) is 0 Å². The Bertz CT molecular complexity index is 561. The predicted molar refractivity (Wildman–Crippen MR) is 119 cm³/mol. The lowest BCUT2D eigenvalue weighted by atomic mass is 9.50. The molecule has 28 heavy (non-hydrogen) atoms. The zero-order valence-corrected chi connectivity index (χ0v) is 19.1. The van der Waals surface area contributed by atoms with Crippen molar-refractivity contribution in [3.05, 3.63) is 11.6 Å². The fourth-order valence-electron chi connectivity index (χ4n) is 8.46. The van der Waals surface area contributed by atoms with E-state index in [1.165, 1.54) is 64.2 Å². The standard InChI is InChI=1S/C27H46O/c1-5-19(6-2)8-7-18(3)22-11-12-24-23(22)13-14-26-25(24)10-9-20-17-21(28)15-16-27(20,26)4/h9,18-19,21-26,28H,5-8,10-17H2,1-4H3/t18-,21+,22+,23+,24-,25-,26-,27-/m1/s1. The zero-order valence-electron chi connectivity index (χ0n) is 19.1. The summed E-state index contributed by atoms with van der Waals surface area (Å²) in [5, 5.41) is 10.2. The van der Waals surface area contributed by atoms with Crippen LogP contribution in [-0.4, -0.2) is 11.2 Å². The molecular formula is C27H46O. The molecule has 1 heteroatoms. The summed E-state index contributed by atoms with van der Waals surface area (Å²) in [5.74, 6) is 6.76.